The van der Waals surface area contributed by atoms with Crippen LogP contribution in [-0.2, 0) is 0 Å². The van der Waals surface area contributed by atoms with Gasteiger partial charge in [0, 0.05) is 25.2 Å². The van der Waals surface area contributed by atoms with Crippen LogP contribution in [0.4, 0.5) is 0 Å². The van der Waals surface area contributed by atoms with Crippen LogP contribution in [0.1, 0.15) is 26.7 Å². The second kappa shape index (κ2) is 6.43. The summed E-state index contributed by atoms with van der Waals surface area (Å²) in [6.07, 6.45) is 1.85. The topological polar surface area (TPSA) is 55.7 Å². The Labute approximate surface area is 92.3 Å². The summed E-state index contributed by atoms with van der Waals surface area (Å²) >= 11 is 0. The van der Waals surface area contributed by atoms with Gasteiger partial charge in [0.2, 0.25) is 0 Å². The van der Waals surface area contributed by atoms with Crippen molar-refractivity contribution in [3.05, 3.63) is 0 Å². The van der Waals surface area contributed by atoms with E-state index in [1.54, 1.807) is 0 Å². The first kappa shape index (κ1) is 12.9. The van der Waals surface area contributed by atoms with Crippen molar-refractivity contribution in [3.8, 4) is 0 Å². The maximum atomic E-state index is 9.44. The van der Waals surface area contributed by atoms with Crippen molar-refractivity contribution in [1.82, 2.24) is 10.2 Å². The third-order valence-corrected chi connectivity index (χ3v) is 3.00. The van der Waals surface area contributed by atoms with Gasteiger partial charge in [0.05, 0.1) is 12.7 Å². The Balaban J connectivity index is 2.35. The molecular formula is C11H24N2O2. The standard InChI is InChI=1S/C11H24N2O2/c1-9(2)13(7-11(15)8-14)6-10-4-3-5-12-10/h9-12,14-15H,3-8H2,1-2H3. The fourth-order valence-corrected chi connectivity index (χ4v) is 2.02. The summed E-state index contributed by atoms with van der Waals surface area (Å²) in [5, 5.41) is 21.7. The molecule has 4 nitrogen and oxygen atoms in total. The third-order valence-electron chi connectivity index (χ3n) is 3.00. The highest BCUT2D eigenvalue weighted by molar-refractivity contribution is 4.80. The van der Waals surface area contributed by atoms with Crippen LogP contribution in [0, 0.1) is 0 Å². The molecule has 1 fully saturated rings. The minimum Gasteiger partial charge on any atom is -0.394 e. The van der Waals surface area contributed by atoms with Crippen molar-refractivity contribution < 1.29 is 10.2 Å². The minimum absolute atomic E-state index is 0.151. The highest BCUT2D eigenvalue weighted by Gasteiger charge is 2.21. The molecule has 1 aliphatic rings. The van der Waals surface area contributed by atoms with Crippen LogP contribution in [0.15, 0.2) is 0 Å². The van der Waals surface area contributed by atoms with Gasteiger partial charge in [-0.25, -0.2) is 0 Å². The lowest BCUT2D eigenvalue weighted by atomic mass is 10.1. The van der Waals surface area contributed by atoms with Gasteiger partial charge >= 0.3 is 0 Å². The predicted molar refractivity (Wildman–Crippen MR) is 60.8 cm³/mol. The number of hydrogen-bond acceptors (Lipinski definition) is 4. The molecule has 90 valence electrons. The summed E-state index contributed by atoms with van der Waals surface area (Å²) in [5.41, 5.74) is 0. The van der Waals surface area contributed by atoms with Crippen molar-refractivity contribution in [2.24, 2.45) is 0 Å². The Morgan fingerprint density at radius 3 is 2.67 bits per heavy atom. The Morgan fingerprint density at radius 1 is 1.47 bits per heavy atom. The molecule has 0 amide bonds. The number of hydrogen-bond donors (Lipinski definition) is 3. The van der Waals surface area contributed by atoms with Gasteiger partial charge in [0.1, 0.15) is 0 Å². The summed E-state index contributed by atoms with van der Waals surface area (Å²) in [6.45, 7) is 6.74. The maximum Gasteiger partial charge on any atom is 0.0897 e. The summed E-state index contributed by atoms with van der Waals surface area (Å²) in [6, 6.07) is 0.965. The summed E-state index contributed by atoms with van der Waals surface area (Å²) in [7, 11) is 0. The number of nitrogens with one attached hydrogen (secondary N) is 1. The second-order valence-electron chi connectivity index (χ2n) is 4.68. The normalized spacial score (nSPS) is 24.0. The lowest BCUT2D eigenvalue weighted by molar-refractivity contribution is 0.0465. The van der Waals surface area contributed by atoms with E-state index in [1.165, 1.54) is 12.8 Å². The number of nitrogens with zero attached hydrogens (tertiary/aromatic N) is 1. The van der Waals surface area contributed by atoms with E-state index in [2.05, 4.69) is 24.1 Å². The molecular weight excluding hydrogens is 192 g/mol. The van der Waals surface area contributed by atoms with Crippen LogP contribution in [0.3, 0.4) is 0 Å². The first-order valence-corrected chi connectivity index (χ1v) is 5.90. The molecule has 0 aromatic rings. The van der Waals surface area contributed by atoms with Crippen LogP contribution >= 0.6 is 0 Å². The quantitative estimate of drug-likeness (QED) is 0.576. The highest BCUT2D eigenvalue weighted by atomic mass is 16.3. The van der Waals surface area contributed by atoms with E-state index >= 15 is 0 Å². The van der Waals surface area contributed by atoms with Crippen LogP contribution in [0.25, 0.3) is 0 Å². The molecule has 0 aliphatic carbocycles. The molecule has 1 saturated heterocycles. The Kier molecular flexibility index (Phi) is 5.53. The summed E-state index contributed by atoms with van der Waals surface area (Å²) in [5.74, 6) is 0. The molecule has 0 spiro atoms. The van der Waals surface area contributed by atoms with E-state index in [1.807, 2.05) is 0 Å². The first-order chi connectivity index (χ1) is 7.13. The van der Waals surface area contributed by atoms with E-state index in [4.69, 9.17) is 5.11 Å². The molecule has 0 saturated carbocycles. The average molecular weight is 216 g/mol. The van der Waals surface area contributed by atoms with Gasteiger partial charge < -0.3 is 15.5 Å². The molecule has 1 aliphatic heterocycles. The average Bonchev–Trinajstić information content (AvgIpc) is 2.69. The molecule has 0 radical (unpaired) electrons. The number of aliphatic hydroxyl groups excluding tert-OH is 2. The largest absolute Gasteiger partial charge is 0.394 e. The molecule has 0 bridgehead atoms. The summed E-state index contributed by atoms with van der Waals surface area (Å²) in [4.78, 5) is 2.23. The van der Waals surface area contributed by atoms with Gasteiger partial charge in [-0.1, -0.05) is 0 Å². The van der Waals surface area contributed by atoms with Gasteiger partial charge in [-0.15, -0.1) is 0 Å². The Morgan fingerprint density at radius 2 is 2.20 bits per heavy atom. The number of aliphatic hydroxyl groups is 2. The zero-order valence-electron chi connectivity index (χ0n) is 9.82. The van der Waals surface area contributed by atoms with Crippen molar-refractivity contribution in [2.75, 3.05) is 26.2 Å². The van der Waals surface area contributed by atoms with Crippen LogP contribution in [0.5, 0.6) is 0 Å². The Bertz CT molecular complexity index is 170. The minimum atomic E-state index is -0.617. The van der Waals surface area contributed by atoms with Crippen LogP contribution in [0.2, 0.25) is 0 Å². The first-order valence-electron chi connectivity index (χ1n) is 5.90. The molecule has 2 atom stereocenters. The van der Waals surface area contributed by atoms with E-state index in [9.17, 15) is 5.11 Å². The SMILES string of the molecule is CC(C)N(CC(O)CO)CC1CCCN1. The monoisotopic (exact) mass is 216 g/mol. The van der Waals surface area contributed by atoms with Gasteiger partial charge in [-0.2, -0.15) is 0 Å². The Hall–Kier alpha value is -0.160. The van der Waals surface area contributed by atoms with Gasteiger partial charge in [0.15, 0.2) is 0 Å². The zero-order valence-corrected chi connectivity index (χ0v) is 9.82. The third kappa shape index (κ3) is 4.47. The highest BCUT2D eigenvalue weighted by Crippen LogP contribution is 2.09. The molecule has 1 rings (SSSR count). The fourth-order valence-electron chi connectivity index (χ4n) is 2.02. The van der Waals surface area contributed by atoms with Gasteiger partial charge in [0.25, 0.3) is 0 Å². The molecule has 15 heavy (non-hydrogen) atoms. The van der Waals surface area contributed by atoms with E-state index in [0.29, 0.717) is 18.6 Å². The van der Waals surface area contributed by atoms with Crippen molar-refractivity contribution in [2.45, 2.75) is 44.9 Å². The predicted octanol–water partition coefficient (Wildman–Crippen LogP) is -0.198. The van der Waals surface area contributed by atoms with E-state index < -0.39 is 6.10 Å². The van der Waals surface area contributed by atoms with Gasteiger partial charge in [-0.05, 0) is 33.2 Å². The van der Waals surface area contributed by atoms with E-state index in [0.717, 1.165) is 13.1 Å². The molecule has 0 aromatic heterocycles. The lowest BCUT2D eigenvalue weighted by Gasteiger charge is -2.30. The zero-order chi connectivity index (χ0) is 11.3. The van der Waals surface area contributed by atoms with Crippen LogP contribution < -0.4 is 5.32 Å². The molecule has 2 unspecified atom stereocenters. The second-order valence-corrected chi connectivity index (χ2v) is 4.68. The van der Waals surface area contributed by atoms with Crippen LogP contribution in [-0.4, -0.2) is 59.5 Å². The van der Waals surface area contributed by atoms with Crippen molar-refractivity contribution >= 4 is 0 Å². The lowest BCUT2D eigenvalue weighted by Crippen LogP contribution is -2.45. The molecule has 3 N–H and O–H groups in total. The molecule has 1 heterocycles. The fraction of sp³-hybridized carbons (Fsp3) is 1.00. The maximum absolute atomic E-state index is 9.44. The van der Waals surface area contributed by atoms with Crippen molar-refractivity contribution in [1.29, 1.82) is 0 Å². The molecule has 4 heteroatoms. The number of rotatable bonds is 6. The van der Waals surface area contributed by atoms with Crippen molar-refractivity contribution in [3.63, 3.8) is 0 Å². The molecule has 0 aromatic carbocycles. The summed E-state index contributed by atoms with van der Waals surface area (Å²) < 4.78 is 0. The smallest absolute Gasteiger partial charge is 0.0897 e. The van der Waals surface area contributed by atoms with E-state index in [-0.39, 0.29) is 6.61 Å². The van der Waals surface area contributed by atoms with Gasteiger partial charge in [-0.3, -0.25) is 4.90 Å².